The Labute approximate surface area is 171 Å². The summed E-state index contributed by atoms with van der Waals surface area (Å²) < 4.78 is 5.12. The lowest BCUT2D eigenvalue weighted by Gasteiger charge is -2.05. The van der Waals surface area contributed by atoms with E-state index in [0.717, 1.165) is 11.3 Å². The van der Waals surface area contributed by atoms with E-state index in [4.69, 9.17) is 4.74 Å². The maximum atomic E-state index is 12.1. The van der Waals surface area contributed by atoms with Gasteiger partial charge in [-0.2, -0.15) is 0 Å². The minimum absolute atomic E-state index is 0.133. The zero-order chi connectivity index (χ0) is 20.6. The number of nitrogens with one attached hydrogen (secondary N) is 3. The molecule has 0 spiro atoms. The highest BCUT2D eigenvalue weighted by Gasteiger charge is 2.11. The van der Waals surface area contributed by atoms with Crippen molar-refractivity contribution in [3.63, 3.8) is 0 Å². The van der Waals surface area contributed by atoms with Crippen LogP contribution in [0, 0.1) is 0 Å². The minimum Gasteiger partial charge on any atom is -0.497 e. The number of H-pyrrole nitrogens is 1. The topological polar surface area (TPSA) is 113 Å². The molecule has 2 amide bonds. The number of aromatic amines is 1. The Kier molecular flexibility index (Phi) is 6.75. The summed E-state index contributed by atoms with van der Waals surface area (Å²) in [7, 11) is 1.62. The first-order valence-electron chi connectivity index (χ1n) is 8.87. The van der Waals surface area contributed by atoms with Gasteiger partial charge in [0.1, 0.15) is 5.75 Å². The lowest BCUT2D eigenvalue weighted by Crippen LogP contribution is -2.27. The molecule has 8 nitrogen and oxygen atoms in total. The number of hydrogen-bond acceptors (Lipinski definition) is 6. The van der Waals surface area contributed by atoms with Crippen LogP contribution in [0.1, 0.15) is 21.6 Å². The van der Waals surface area contributed by atoms with Crippen molar-refractivity contribution in [1.29, 1.82) is 0 Å². The molecule has 0 aliphatic rings. The number of rotatable bonds is 8. The highest BCUT2D eigenvalue weighted by atomic mass is 32.1. The molecule has 0 saturated carbocycles. The molecular formula is C20H20N4O4S. The van der Waals surface area contributed by atoms with Crippen molar-refractivity contribution in [2.24, 2.45) is 0 Å². The summed E-state index contributed by atoms with van der Waals surface area (Å²) in [6.45, 7) is 0.519. The molecule has 150 valence electrons. The largest absolute Gasteiger partial charge is 0.497 e. The van der Waals surface area contributed by atoms with Gasteiger partial charge in [-0.3, -0.25) is 19.7 Å². The first-order chi connectivity index (χ1) is 14.0. The molecule has 0 aliphatic carbocycles. The van der Waals surface area contributed by atoms with Gasteiger partial charge in [-0.25, -0.2) is 4.98 Å². The molecule has 29 heavy (non-hydrogen) atoms. The van der Waals surface area contributed by atoms with Gasteiger partial charge < -0.3 is 15.0 Å². The fraction of sp³-hybridized carbons (Fsp3) is 0.200. The van der Waals surface area contributed by atoms with Crippen LogP contribution < -0.4 is 20.9 Å². The molecule has 9 heteroatoms. The molecule has 0 unspecified atom stereocenters. The average Bonchev–Trinajstić information content (AvgIpc) is 3.15. The Morgan fingerprint density at radius 1 is 1.17 bits per heavy atom. The second-order valence-electron chi connectivity index (χ2n) is 6.16. The van der Waals surface area contributed by atoms with Crippen molar-refractivity contribution < 1.29 is 14.3 Å². The predicted octanol–water partition coefficient (Wildman–Crippen LogP) is 1.99. The summed E-state index contributed by atoms with van der Waals surface area (Å²) in [5, 5.41) is 7.63. The van der Waals surface area contributed by atoms with Crippen LogP contribution in [-0.4, -0.2) is 35.4 Å². The van der Waals surface area contributed by atoms with Crippen LogP contribution in [0.4, 0.5) is 5.13 Å². The standard InChI is InChI=1S/C20H20N4O4S/c1-28-16-5-2-13(3-6-16)8-9-21-18(26)10-15-12-29-20(23-15)24-19(27)14-4-7-17(25)22-11-14/h2-7,11-12H,8-10H2,1H3,(H,21,26)(H,22,25)(H,23,24,27). The van der Waals surface area contributed by atoms with E-state index in [0.29, 0.717) is 29.4 Å². The van der Waals surface area contributed by atoms with Gasteiger partial charge in [0.15, 0.2) is 5.13 Å². The third kappa shape index (κ3) is 6.01. The molecular weight excluding hydrogens is 392 g/mol. The van der Waals surface area contributed by atoms with E-state index < -0.39 is 0 Å². The van der Waals surface area contributed by atoms with Gasteiger partial charge in [0.05, 0.1) is 24.8 Å². The predicted molar refractivity (Wildman–Crippen MR) is 111 cm³/mol. The number of pyridine rings is 1. The fourth-order valence-corrected chi connectivity index (χ4v) is 3.24. The smallest absolute Gasteiger partial charge is 0.258 e. The zero-order valence-electron chi connectivity index (χ0n) is 15.7. The van der Waals surface area contributed by atoms with Gasteiger partial charge in [-0.1, -0.05) is 12.1 Å². The van der Waals surface area contributed by atoms with E-state index in [-0.39, 0.29) is 23.8 Å². The van der Waals surface area contributed by atoms with E-state index in [9.17, 15) is 14.4 Å². The number of anilines is 1. The first kappa shape index (κ1) is 20.3. The van der Waals surface area contributed by atoms with Crippen LogP contribution in [0.2, 0.25) is 0 Å². The second kappa shape index (κ2) is 9.65. The molecule has 1 aromatic carbocycles. The summed E-state index contributed by atoms with van der Waals surface area (Å²) in [5.74, 6) is 0.276. The van der Waals surface area contributed by atoms with Crippen LogP contribution in [0.3, 0.4) is 0 Å². The number of thiazole rings is 1. The van der Waals surface area contributed by atoms with Gasteiger partial charge in [-0.15, -0.1) is 11.3 Å². The molecule has 0 saturated heterocycles. The molecule has 0 bridgehead atoms. The van der Waals surface area contributed by atoms with Crippen molar-refractivity contribution in [2.75, 3.05) is 19.0 Å². The quantitative estimate of drug-likeness (QED) is 0.524. The van der Waals surface area contributed by atoms with E-state index >= 15 is 0 Å². The minimum atomic E-state index is -0.383. The molecule has 0 radical (unpaired) electrons. The summed E-state index contributed by atoms with van der Waals surface area (Å²) in [4.78, 5) is 42.0. The summed E-state index contributed by atoms with van der Waals surface area (Å²) in [6, 6.07) is 10.4. The first-order valence-corrected chi connectivity index (χ1v) is 9.75. The summed E-state index contributed by atoms with van der Waals surface area (Å²) in [6.07, 6.45) is 2.18. The van der Waals surface area contributed by atoms with Gasteiger partial charge in [0.25, 0.3) is 5.91 Å². The molecule has 0 aliphatic heterocycles. The monoisotopic (exact) mass is 412 g/mol. The summed E-state index contributed by atoms with van der Waals surface area (Å²) >= 11 is 1.24. The number of carbonyl (C=O) groups is 2. The lowest BCUT2D eigenvalue weighted by molar-refractivity contribution is -0.120. The molecule has 3 aromatic rings. The van der Waals surface area contributed by atoms with Crippen LogP contribution >= 0.6 is 11.3 Å². The Balaban J connectivity index is 1.45. The Hall–Kier alpha value is -3.46. The van der Waals surface area contributed by atoms with Gasteiger partial charge in [0.2, 0.25) is 11.5 Å². The highest BCUT2D eigenvalue weighted by molar-refractivity contribution is 7.14. The molecule has 2 heterocycles. The Morgan fingerprint density at radius 3 is 2.66 bits per heavy atom. The third-order valence-electron chi connectivity index (χ3n) is 4.06. The molecule has 3 rings (SSSR count). The SMILES string of the molecule is COc1ccc(CCNC(=O)Cc2csc(NC(=O)c3ccc(=O)[nH]c3)n2)cc1. The second-order valence-corrected chi connectivity index (χ2v) is 7.02. The number of carbonyl (C=O) groups excluding carboxylic acids is 2. The average molecular weight is 412 g/mol. The Bertz CT molecular complexity index is 1020. The number of methoxy groups -OCH3 is 1. The Morgan fingerprint density at radius 2 is 1.97 bits per heavy atom. The van der Waals surface area contributed by atoms with Crippen molar-refractivity contribution in [3.05, 3.63) is 75.1 Å². The van der Waals surface area contributed by atoms with Crippen molar-refractivity contribution in [2.45, 2.75) is 12.8 Å². The van der Waals surface area contributed by atoms with Crippen LogP contribution in [0.25, 0.3) is 0 Å². The van der Waals surface area contributed by atoms with Crippen molar-refractivity contribution in [3.8, 4) is 5.75 Å². The highest BCUT2D eigenvalue weighted by Crippen LogP contribution is 2.17. The number of hydrogen-bond donors (Lipinski definition) is 3. The molecule has 3 N–H and O–H groups in total. The van der Waals surface area contributed by atoms with Crippen LogP contribution in [-0.2, 0) is 17.6 Å². The number of amides is 2. The third-order valence-corrected chi connectivity index (χ3v) is 4.86. The zero-order valence-corrected chi connectivity index (χ0v) is 16.5. The van der Waals surface area contributed by atoms with Crippen LogP contribution in [0.15, 0.2) is 52.8 Å². The van der Waals surface area contributed by atoms with E-state index in [1.807, 2.05) is 24.3 Å². The number of benzene rings is 1. The van der Waals surface area contributed by atoms with Gasteiger partial charge >= 0.3 is 0 Å². The van der Waals surface area contributed by atoms with Crippen molar-refractivity contribution in [1.82, 2.24) is 15.3 Å². The maximum Gasteiger partial charge on any atom is 0.258 e. The van der Waals surface area contributed by atoms with Gasteiger partial charge in [-0.05, 0) is 30.2 Å². The van der Waals surface area contributed by atoms with Crippen molar-refractivity contribution >= 4 is 28.3 Å². The fourth-order valence-electron chi connectivity index (χ4n) is 2.53. The van der Waals surface area contributed by atoms with Gasteiger partial charge in [0, 0.05) is 24.2 Å². The lowest BCUT2D eigenvalue weighted by atomic mass is 10.1. The number of nitrogens with zero attached hydrogens (tertiary/aromatic N) is 1. The molecule has 0 atom stereocenters. The van der Waals surface area contributed by atoms with E-state index in [2.05, 4.69) is 20.6 Å². The molecule has 2 aromatic heterocycles. The number of aromatic nitrogens is 2. The molecule has 0 fully saturated rings. The van der Waals surface area contributed by atoms with Crippen LogP contribution in [0.5, 0.6) is 5.75 Å². The number of ether oxygens (including phenoxy) is 1. The normalized spacial score (nSPS) is 10.4. The van der Waals surface area contributed by atoms with E-state index in [1.54, 1.807) is 12.5 Å². The maximum absolute atomic E-state index is 12.1. The summed E-state index contributed by atoms with van der Waals surface area (Å²) in [5.41, 5.74) is 1.72. The van der Waals surface area contributed by atoms with E-state index in [1.165, 1.54) is 29.7 Å².